The van der Waals surface area contributed by atoms with Crippen LogP contribution >= 0.6 is 11.3 Å². The molecule has 1 saturated heterocycles. The monoisotopic (exact) mass is 529 g/mol. The summed E-state index contributed by atoms with van der Waals surface area (Å²) in [5.41, 5.74) is 2.92. The maximum Gasteiger partial charge on any atom is 0.325 e. The number of carbonyl (C=O) groups is 2. The highest BCUT2D eigenvalue weighted by atomic mass is 32.2. The first-order valence-corrected chi connectivity index (χ1v) is 14.2. The molecule has 0 spiro atoms. The number of methoxy groups -OCH3 is 1. The second kappa shape index (κ2) is 10.7. The molecule has 1 aliphatic heterocycles. The molecule has 1 aromatic heterocycles. The normalized spacial score (nSPS) is 17.6. The van der Waals surface area contributed by atoms with Crippen LogP contribution in [0.2, 0.25) is 0 Å². The molecule has 1 unspecified atom stereocenters. The summed E-state index contributed by atoms with van der Waals surface area (Å²) in [4.78, 5) is 30.4. The van der Waals surface area contributed by atoms with Crippen LogP contribution in [0.25, 0.3) is 10.2 Å². The maximum atomic E-state index is 13.3. The number of amides is 1. The topological polar surface area (TPSA) is 98.0 Å². The molecule has 36 heavy (non-hydrogen) atoms. The van der Waals surface area contributed by atoms with Gasteiger partial charge in [0.1, 0.15) is 6.54 Å². The van der Waals surface area contributed by atoms with E-state index in [-0.39, 0.29) is 23.9 Å². The fourth-order valence-corrected chi connectivity index (χ4v) is 6.89. The van der Waals surface area contributed by atoms with Crippen molar-refractivity contribution in [3.8, 4) is 0 Å². The van der Waals surface area contributed by atoms with Crippen molar-refractivity contribution in [2.45, 2.75) is 51.0 Å². The molecule has 1 atom stereocenters. The number of aromatic nitrogens is 1. The van der Waals surface area contributed by atoms with Crippen LogP contribution in [-0.2, 0) is 30.9 Å². The van der Waals surface area contributed by atoms with Crippen LogP contribution in [0.1, 0.15) is 43.7 Å². The first-order chi connectivity index (χ1) is 17.1. The fourth-order valence-electron chi connectivity index (χ4n) is 4.29. The molecule has 10 heteroatoms. The number of benzene rings is 2. The summed E-state index contributed by atoms with van der Waals surface area (Å²) in [5, 5.41) is 0. The van der Waals surface area contributed by atoms with Gasteiger partial charge in [0, 0.05) is 13.1 Å². The number of hydrogen-bond acceptors (Lipinski definition) is 6. The number of sulfonamides is 1. The Balaban J connectivity index is 1.66. The Morgan fingerprint density at radius 3 is 2.56 bits per heavy atom. The van der Waals surface area contributed by atoms with Gasteiger partial charge in [-0.2, -0.15) is 9.30 Å². The number of aryl methyl sites for hydroxylation is 1. The molecule has 192 valence electrons. The Morgan fingerprint density at radius 1 is 1.17 bits per heavy atom. The highest BCUT2D eigenvalue weighted by Gasteiger charge is 2.33. The highest BCUT2D eigenvalue weighted by Crippen LogP contribution is 2.26. The van der Waals surface area contributed by atoms with E-state index in [0.29, 0.717) is 30.1 Å². The van der Waals surface area contributed by atoms with Crippen molar-refractivity contribution in [1.82, 2.24) is 8.87 Å². The minimum absolute atomic E-state index is 0.0672. The van der Waals surface area contributed by atoms with Crippen molar-refractivity contribution in [2.24, 2.45) is 10.9 Å². The number of carbonyl (C=O) groups excluding carboxylic acids is 2. The lowest BCUT2D eigenvalue weighted by Gasteiger charge is -2.30. The fraction of sp³-hybridized carbons (Fsp3) is 0.423. The lowest BCUT2D eigenvalue weighted by molar-refractivity contribution is -0.141. The minimum atomic E-state index is -3.70. The number of nitrogens with zero attached hydrogens (tertiary/aromatic N) is 3. The molecule has 0 radical (unpaired) electrons. The lowest BCUT2D eigenvalue weighted by Crippen LogP contribution is -2.42. The zero-order valence-electron chi connectivity index (χ0n) is 20.9. The summed E-state index contributed by atoms with van der Waals surface area (Å²) in [7, 11) is -2.38. The summed E-state index contributed by atoms with van der Waals surface area (Å²) in [6.07, 6.45) is 1.13. The predicted octanol–water partition coefficient (Wildman–Crippen LogP) is 3.84. The van der Waals surface area contributed by atoms with Crippen molar-refractivity contribution in [3.05, 3.63) is 58.4 Å². The number of rotatable bonds is 6. The summed E-state index contributed by atoms with van der Waals surface area (Å²) in [6, 6.07) is 12.7. The molecule has 0 aliphatic carbocycles. The van der Waals surface area contributed by atoms with Crippen molar-refractivity contribution in [2.75, 3.05) is 20.2 Å². The van der Waals surface area contributed by atoms with Gasteiger partial charge in [-0.25, -0.2) is 8.42 Å². The van der Waals surface area contributed by atoms with E-state index >= 15 is 0 Å². The van der Waals surface area contributed by atoms with Crippen LogP contribution in [0.4, 0.5) is 0 Å². The van der Waals surface area contributed by atoms with Gasteiger partial charge >= 0.3 is 5.97 Å². The van der Waals surface area contributed by atoms with Crippen LogP contribution < -0.4 is 4.80 Å². The standard InChI is InChI=1S/C26H31N3O5S2/c1-17(2)19-9-12-22-23(14-19)35-26(29(22)16-24(30)34-4)27-25(31)20-6-5-13-28(15-20)36(32,33)21-10-7-18(3)8-11-21/h7-12,14,17,20H,5-6,13,15-16H2,1-4H3. The molecule has 2 aromatic carbocycles. The predicted molar refractivity (Wildman–Crippen MR) is 139 cm³/mol. The van der Waals surface area contributed by atoms with Crippen LogP contribution in [0.5, 0.6) is 0 Å². The molecular formula is C26H31N3O5S2. The van der Waals surface area contributed by atoms with Crippen molar-refractivity contribution < 1.29 is 22.7 Å². The molecule has 1 fully saturated rings. The van der Waals surface area contributed by atoms with E-state index in [2.05, 4.69) is 24.9 Å². The highest BCUT2D eigenvalue weighted by molar-refractivity contribution is 7.89. The van der Waals surface area contributed by atoms with Crippen LogP contribution in [0, 0.1) is 12.8 Å². The van der Waals surface area contributed by atoms with Gasteiger partial charge in [0.25, 0.3) is 5.91 Å². The average molecular weight is 530 g/mol. The Hall–Kier alpha value is -2.82. The van der Waals surface area contributed by atoms with Gasteiger partial charge in [0.2, 0.25) is 10.0 Å². The van der Waals surface area contributed by atoms with Gasteiger partial charge < -0.3 is 9.30 Å². The summed E-state index contributed by atoms with van der Waals surface area (Å²) < 4.78 is 35.2. The zero-order chi connectivity index (χ0) is 26.0. The first-order valence-electron chi connectivity index (χ1n) is 12.0. The number of piperidine rings is 1. The number of fused-ring (bicyclic) bond motifs is 1. The van der Waals surface area contributed by atoms with Crippen molar-refractivity contribution >= 4 is 43.5 Å². The minimum Gasteiger partial charge on any atom is -0.468 e. The third-order valence-corrected chi connectivity index (χ3v) is 9.41. The molecule has 8 nitrogen and oxygen atoms in total. The SMILES string of the molecule is COC(=O)Cn1c(=NC(=O)C2CCCN(S(=O)(=O)c3ccc(C)cc3)C2)sc2cc(C(C)C)ccc21. The van der Waals surface area contributed by atoms with E-state index in [4.69, 9.17) is 4.74 Å². The van der Waals surface area contributed by atoms with Gasteiger partial charge in [0.05, 0.1) is 28.1 Å². The van der Waals surface area contributed by atoms with E-state index in [1.165, 1.54) is 22.8 Å². The molecule has 1 amide bonds. The molecular weight excluding hydrogens is 498 g/mol. The second-order valence-corrected chi connectivity index (χ2v) is 12.3. The van der Waals surface area contributed by atoms with E-state index in [1.54, 1.807) is 28.8 Å². The van der Waals surface area contributed by atoms with Gasteiger partial charge in [-0.3, -0.25) is 9.59 Å². The Labute approximate surface area is 215 Å². The van der Waals surface area contributed by atoms with E-state index in [0.717, 1.165) is 21.3 Å². The Bertz CT molecular complexity index is 1450. The Kier molecular flexibility index (Phi) is 7.77. The van der Waals surface area contributed by atoms with Gasteiger partial charge in [0.15, 0.2) is 4.80 Å². The maximum absolute atomic E-state index is 13.3. The van der Waals surface area contributed by atoms with Crippen LogP contribution in [0.15, 0.2) is 52.4 Å². The van der Waals surface area contributed by atoms with Gasteiger partial charge in [-0.1, -0.05) is 48.9 Å². The third-order valence-electron chi connectivity index (χ3n) is 6.49. The Morgan fingerprint density at radius 2 is 1.89 bits per heavy atom. The smallest absolute Gasteiger partial charge is 0.325 e. The third kappa shape index (κ3) is 5.45. The number of thiazole rings is 1. The average Bonchev–Trinajstić information content (AvgIpc) is 3.20. The van der Waals surface area contributed by atoms with Crippen molar-refractivity contribution in [3.63, 3.8) is 0 Å². The van der Waals surface area contributed by atoms with Gasteiger partial charge in [-0.15, -0.1) is 0 Å². The van der Waals surface area contributed by atoms with E-state index < -0.39 is 21.9 Å². The van der Waals surface area contributed by atoms with Crippen LogP contribution in [-0.4, -0.2) is 49.4 Å². The molecule has 0 N–H and O–H groups in total. The van der Waals surface area contributed by atoms with Gasteiger partial charge in [-0.05, 0) is 55.5 Å². The molecule has 0 bridgehead atoms. The van der Waals surface area contributed by atoms with E-state index in [1.807, 2.05) is 19.1 Å². The lowest BCUT2D eigenvalue weighted by atomic mass is 9.99. The number of esters is 1. The molecule has 4 rings (SSSR count). The summed E-state index contributed by atoms with van der Waals surface area (Å²) in [6.45, 7) is 6.48. The molecule has 0 saturated carbocycles. The number of ether oxygens (including phenoxy) is 1. The molecule has 1 aliphatic rings. The summed E-state index contributed by atoms with van der Waals surface area (Å²) >= 11 is 1.34. The second-order valence-electron chi connectivity index (χ2n) is 9.39. The van der Waals surface area contributed by atoms with E-state index in [9.17, 15) is 18.0 Å². The largest absolute Gasteiger partial charge is 0.468 e. The first kappa shape index (κ1) is 26.2. The quantitative estimate of drug-likeness (QED) is 0.452. The summed E-state index contributed by atoms with van der Waals surface area (Å²) in [5.74, 6) is -1.05. The zero-order valence-corrected chi connectivity index (χ0v) is 22.6. The molecule has 3 aromatic rings. The van der Waals surface area contributed by atoms with Crippen molar-refractivity contribution in [1.29, 1.82) is 0 Å². The van der Waals surface area contributed by atoms with Crippen LogP contribution in [0.3, 0.4) is 0 Å². The molecule has 2 heterocycles. The number of hydrogen-bond donors (Lipinski definition) is 0.